The van der Waals surface area contributed by atoms with E-state index < -0.39 is 0 Å². The van der Waals surface area contributed by atoms with Crippen LogP contribution in [-0.4, -0.2) is 47.3 Å². The van der Waals surface area contributed by atoms with Crippen LogP contribution in [-0.2, 0) is 0 Å². The zero-order valence-corrected chi connectivity index (χ0v) is 14.7. The Kier molecular flexibility index (Phi) is 6.09. The van der Waals surface area contributed by atoms with Gasteiger partial charge in [0.2, 0.25) is 0 Å². The van der Waals surface area contributed by atoms with Crippen molar-refractivity contribution in [3.05, 3.63) is 47.5 Å². The van der Waals surface area contributed by atoms with Crippen molar-refractivity contribution in [2.45, 2.75) is 26.7 Å². The fraction of sp³-hybridized carbons (Fsp3) is 0.444. The van der Waals surface area contributed by atoms with Gasteiger partial charge in [-0.1, -0.05) is 20.8 Å². The van der Waals surface area contributed by atoms with Crippen LogP contribution in [0, 0.1) is 5.82 Å². The third-order valence-electron chi connectivity index (χ3n) is 3.99. The Labute approximate surface area is 142 Å². The lowest BCUT2D eigenvalue weighted by atomic mass is 10.1. The van der Waals surface area contributed by atoms with Crippen LogP contribution in [0.2, 0.25) is 0 Å². The molecule has 0 aliphatic heterocycles. The number of rotatable bonds is 7. The quantitative estimate of drug-likeness (QED) is 0.848. The first kappa shape index (κ1) is 18.1. The van der Waals surface area contributed by atoms with Crippen molar-refractivity contribution in [2.75, 3.05) is 26.7 Å². The largest absolute Gasteiger partial charge is 0.351 e. The predicted octanol–water partition coefficient (Wildman–Crippen LogP) is 2.82. The van der Waals surface area contributed by atoms with Gasteiger partial charge >= 0.3 is 0 Å². The molecule has 1 heterocycles. The van der Waals surface area contributed by atoms with Crippen molar-refractivity contribution < 1.29 is 9.18 Å². The molecule has 1 N–H and O–H groups in total. The summed E-state index contributed by atoms with van der Waals surface area (Å²) in [5.41, 5.74) is 2.13. The standard InChI is InChI=1S/C18H25FN4O/c1-5-22(4)11-10-20-18(24)16-12-21-23(17(16)13(2)3)15-8-6-14(19)7-9-15/h6-9,12-13H,5,10-11H2,1-4H3,(H,20,24). The third kappa shape index (κ3) is 4.20. The maximum Gasteiger partial charge on any atom is 0.254 e. The number of carbonyl (C=O) groups excluding carboxylic acids is 1. The molecule has 0 saturated carbocycles. The lowest BCUT2D eigenvalue weighted by Gasteiger charge is -2.15. The lowest BCUT2D eigenvalue weighted by Crippen LogP contribution is -2.33. The van der Waals surface area contributed by atoms with E-state index in [1.165, 1.54) is 12.1 Å². The van der Waals surface area contributed by atoms with Gasteiger partial charge in [0.15, 0.2) is 0 Å². The van der Waals surface area contributed by atoms with Crippen molar-refractivity contribution in [1.29, 1.82) is 0 Å². The van der Waals surface area contributed by atoms with Crippen molar-refractivity contribution in [2.24, 2.45) is 0 Å². The molecule has 0 unspecified atom stereocenters. The Morgan fingerprint density at radius 2 is 2.00 bits per heavy atom. The van der Waals surface area contributed by atoms with Gasteiger partial charge in [-0.2, -0.15) is 5.10 Å². The Hall–Kier alpha value is -2.21. The molecule has 0 radical (unpaired) electrons. The number of nitrogens with one attached hydrogen (secondary N) is 1. The molecule has 0 aliphatic carbocycles. The van der Waals surface area contributed by atoms with Gasteiger partial charge in [-0.25, -0.2) is 9.07 Å². The van der Waals surface area contributed by atoms with E-state index in [1.54, 1.807) is 23.0 Å². The lowest BCUT2D eigenvalue weighted by molar-refractivity contribution is 0.0948. The van der Waals surface area contributed by atoms with Crippen molar-refractivity contribution >= 4 is 5.91 Å². The van der Waals surface area contributed by atoms with E-state index >= 15 is 0 Å². The van der Waals surface area contributed by atoms with E-state index in [9.17, 15) is 9.18 Å². The number of likely N-dealkylation sites (N-methyl/N-ethyl adjacent to an activating group) is 1. The minimum absolute atomic E-state index is 0.108. The minimum atomic E-state index is -0.296. The molecular weight excluding hydrogens is 307 g/mol. The summed E-state index contributed by atoms with van der Waals surface area (Å²) >= 11 is 0. The number of hydrogen-bond acceptors (Lipinski definition) is 3. The Morgan fingerprint density at radius 1 is 1.33 bits per heavy atom. The molecule has 2 rings (SSSR count). The first-order chi connectivity index (χ1) is 11.4. The van der Waals surface area contributed by atoms with Crippen LogP contribution < -0.4 is 5.32 Å². The van der Waals surface area contributed by atoms with Gasteiger partial charge in [-0.15, -0.1) is 0 Å². The highest BCUT2D eigenvalue weighted by Gasteiger charge is 2.20. The molecule has 0 spiro atoms. The predicted molar refractivity (Wildman–Crippen MR) is 93.1 cm³/mol. The van der Waals surface area contributed by atoms with Gasteiger partial charge in [0.05, 0.1) is 23.1 Å². The second kappa shape index (κ2) is 8.06. The van der Waals surface area contributed by atoms with Crippen LogP contribution in [0.1, 0.15) is 42.7 Å². The number of nitrogens with zero attached hydrogens (tertiary/aromatic N) is 3. The summed E-state index contributed by atoms with van der Waals surface area (Å²) in [6.45, 7) is 8.42. The fourth-order valence-electron chi connectivity index (χ4n) is 2.49. The SMILES string of the molecule is CCN(C)CCNC(=O)c1cnn(-c2ccc(F)cc2)c1C(C)C. The second-order valence-electron chi connectivity index (χ2n) is 6.14. The van der Waals surface area contributed by atoms with Crippen molar-refractivity contribution in [1.82, 2.24) is 20.0 Å². The Morgan fingerprint density at radius 3 is 2.58 bits per heavy atom. The van der Waals surface area contributed by atoms with Crippen LogP contribution in [0.25, 0.3) is 5.69 Å². The van der Waals surface area contributed by atoms with E-state index in [2.05, 4.69) is 22.2 Å². The van der Waals surface area contributed by atoms with Gasteiger partial charge in [-0.3, -0.25) is 4.79 Å². The van der Waals surface area contributed by atoms with Crippen molar-refractivity contribution in [3.8, 4) is 5.69 Å². The maximum atomic E-state index is 13.1. The third-order valence-corrected chi connectivity index (χ3v) is 3.99. The number of carbonyl (C=O) groups is 1. The Bertz CT molecular complexity index is 679. The Balaban J connectivity index is 2.22. The smallest absolute Gasteiger partial charge is 0.254 e. The minimum Gasteiger partial charge on any atom is -0.351 e. The molecule has 24 heavy (non-hydrogen) atoms. The van der Waals surface area contributed by atoms with E-state index in [1.807, 2.05) is 20.9 Å². The molecule has 130 valence electrons. The molecule has 0 aliphatic rings. The molecule has 0 bridgehead atoms. The van der Waals surface area contributed by atoms with Gasteiger partial charge in [-0.05, 0) is 43.8 Å². The number of amides is 1. The van der Waals surface area contributed by atoms with Crippen LogP contribution in [0.3, 0.4) is 0 Å². The average Bonchev–Trinajstić information content (AvgIpc) is 3.00. The second-order valence-corrected chi connectivity index (χ2v) is 6.14. The molecule has 2 aromatic rings. The van der Waals surface area contributed by atoms with Gasteiger partial charge in [0, 0.05) is 13.1 Å². The van der Waals surface area contributed by atoms with Gasteiger partial charge < -0.3 is 10.2 Å². The van der Waals surface area contributed by atoms with E-state index in [0.29, 0.717) is 12.1 Å². The highest BCUT2D eigenvalue weighted by molar-refractivity contribution is 5.95. The number of hydrogen-bond donors (Lipinski definition) is 1. The topological polar surface area (TPSA) is 50.2 Å². The summed E-state index contributed by atoms with van der Waals surface area (Å²) in [5, 5.41) is 7.28. The zero-order chi connectivity index (χ0) is 17.7. The summed E-state index contributed by atoms with van der Waals surface area (Å²) in [6, 6.07) is 6.10. The molecule has 6 heteroatoms. The number of benzene rings is 1. The summed E-state index contributed by atoms with van der Waals surface area (Å²) in [4.78, 5) is 14.6. The first-order valence-corrected chi connectivity index (χ1v) is 8.24. The van der Waals surface area contributed by atoms with Crippen LogP contribution in [0.4, 0.5) is 4.39 Å². The fourth-order valence-corrected chi connectivity index (χ4v) is 2.49. The number of aromatic nitrogens is 2. The number of halogens is 1. The normalized spacial score (nSPS) is 11.3. The summed E-state index contributed by atoms with van der Waals surface area (Å²) in [6.07, 6.45) is 1.58. The highest BCUT2D eigenvalue weighted by Crippen LogP contribution is 2.23. The van der Waals surface area contributed by atoms with E-state index in [4.69, 9.17) is 0 Å². The summed E-state index contributed by atoms with van der Waals surface area (Å²) < 4.78 is 14.8. The van der Waals surface area contributed by atoms with Gasteiger partial charge in [0.1, 0.15) is 5.82 Å². The molecule has 1 aromatic heterocycles. The molecular formula is C18H25FN4O. The van der Waals surface area contributed by atoms with E-state index in [-0.39, 0.29) is 17.6 Å². The summed E-state index contributed by atoms with van der Waals surface area (Å²) in [7, 11) is 2.01. The average molecular weight is 332 g/mol. The monoisotopic (exact) mass is 332 g/mol. The summed E-state index contributed by atoms with van der Waals surface area (Å²) in [5.74, 6) is -0.316. The van der Waals surface area contributed by atoms with Crippen LogP contribution in [0.15, 0.2) is 30.5 Å². The molecule has 5 nitrogen and oxygen atoms in total. The first-order valence-electron chi connectivity index (χ1n) is 8.24. The molecule has 0 atom stereocenters. The molecule has 0 fully saturated rings. The van der Waals surface area contributed by atoms with Crippen LogP contribution in [0.5, 0.6) is 0 Å². The zero-order valence-electron chi connectivity index (χ0n) is 14.7. The molecule has 1 aromatic carbocycles. The molecule has 0 saturated heterocycles. The van der Waals surface area contributed by atoms with Gasteiger partial charge in [0.25, 0.3) is 5.91 Å². The van der Waals surface area contributed by atoms with Crippen LogP contribution >= 0.6 is 0 Å². The highest BCUT2D eigenvalue weighted by atomic mass is 19.1. The van der Waals surface area contributed by atoms with E-state index in [0.717, 1.165) is 24.5 Å². The van der Waals surface area contributed by atoms with Crippen molar-refractivity contribution in [3.63, 3.8) is 0 Å². The maximum absolute atomic E-state index is 13.1. The molecule has 1 amide bonds.